The highest BCUT2D eigenvalue weighted by Gasteiger charge is 2.32. The van der Waals surface area contributed by atoms with E-state index in [4.69, 9.17) is 0 Å². The number of hydrogen-bond acceptors (Lipinski definition) is 2. The first-order valence-electron chi connectivity index (χ1n) is 8.50. The number of nitrogens with zero attached hydrogens (tertiary/aromatic N) is 1. The molecule has 0 N–H and O–H groups in total. The summed E-state index contributed by atoms with van der Waals surface area (Å²) in [7, 11) is 0. The summed E-state index contributed by atoms with van der Waals surface area (Å²) in [6, 6.07) is 0. The third-order valence-corrected chi connectivity index (χ3v) is 4.38. The van der Waals surface area contributed by atoms with Crippen LogP contribution in [-0.2, 0) is 4.79 Å². The van der Waals surface area contributed by atoms with E-state index < -0.39 is 0 Å². The van der Waals surface area contributed by atoms with Gasteiger partial charge in [-0.05, 0) is 24.7 Å². The van der Waals surface area contributed by atoms with Gasteiger partial charge in [0.1, 0.15) is 0 Å². The minimum atomic E-state index is 0.0603. The molecule has 0 saturated carbocycles. The van der Waals surface area contributed by atoms with E-state index in [9.17, 15) is 4.79 Å². The van der Waals surface area contributed by atoms with Gasteiger partial charge in [-0.15, -0.1) is 0 Å². The van der Waals surface area contributed by atoms with Crippen LogP contribution in [0.2, 0.25) is 0 Å². The fourth-order valence-electron chi connectivity index (χ4n) is 2.92. The third kappa shape index (κ3) is 5.30. The van der Waals surface area contributed by atoms with Gasteiger partial charge < -0.3 is 4.90 Å². The van der Waals surface area contributed by atoms with Crippen molar-refractivity contribution >= 4 is 5.78 Å². The Balaban J connectivity index is 2.53. The SMILES string of the molecule is CCCCCCCC(=O)C1=CN(CCC)CCC1(C)C. The summed E-state index contributed by atoms with van der Waals surface area (Å²) in [4.78, 5) is 14.8. The molecule has 0 saturated heterocycles. The minimum absolute atomic E-state index is 0.0603. The lowest BCUT2D eigenvalue weighted by Crippen LogP contribution is -2.35. The highest BCUT2D eigenvalue weighted by molar-refractivity contribution is 5.96. The van der Waals surface area contributed by atoms with E-state index in [-0.39, 0.29) is 5.41 Å². The molecule has 1 aliphatic rings. The molecule has 0 spiro atoms. The zero-order valence-corrected chi connectivity index (χ0v) is 14.0. The van der Waals surface area contributed by atoms with Gasteiger partial charge in [-0.25, -0.2) is 0 Å². The smallest absolute Gasteiger partial charge is 0.160 e. The van der Waals surface area contributed by atoms with Crippen molar-refractivity contribution in [3.63, 3.8) is 0 Å². The van der Waals surface area contributed by atoms with Gasteiger partial charge in [0.05, 0.1) is 0 Å². The molecule has 1 aliphatic heterocycles. The van der Waals surface area contributed by atoms with Gasteiger partial charge in [-0.2, -0.15) is 0 Å². The van der Waals surface area contributed by atoms with E-state index in [0.29, 0.717) is 5.78 Å². The second-order valence-corrected chi connectivity index (χ2v) is 6.80. The van der Waals surface area contributed by atoms with E-state index in [2.05, 4.69) is 38.8 Å². The standard InChI is InChI=1S/C18H33NO/c1-5-7-8-9-10-11-17(20)16-15-19(13-6-2)14-12-18(16,3)4/h15H,5-14H2,1-4H3. The first-order valence-corrected chi connectivity index (χ1v) is 8.50. The molecule has 1 heterocycles. The van der Waals surface area contributed by atoms with Crippen LogP contribution in [0.4, 0.5) is 0 Å². The molecular weight excluding hydrogens is 246 g/mol. The fourth-order valence-corrected chi connectivity index (χ4v) is 2.92. The topological polar surface area (TPSA) is 20.3 Å². The molecule has 0 aliphatic carbocycles. The van der Waals surface area contributed by atoms with Crippen molar-refractivity contribution in [3.8, 4) is 0 Å². The highest BCUT2D eigenvalue weighted by Crippen LogP contribution is 2.35. The lowest BCUT2D eigenvalue weighted by Gasteiger charge is -2.37. The molecule has 0 fully saturated rings. The number of carbonyl (C=O) groups excluding carboxylic acids is 1. The van der Waals surface area contributed by atoms with Gasteiger partial charge in [-0.3, -0.25) is 4.79 Å². The van der Waals surface area contributed by atoms with Crippen molar-refractivity contribution < 1.29 is 4.79 Å². The number of hydrogen-bond donors (Lipinski definition) is 0. The van der Waals surface area contributed by atoms with Crippen molar-refractivity contribution in [2.45, 2.75) is 79.1 Å². The molecule has 2 nitrogen and oxygen atoms in total. The van der Waals surface area contributed by atoms with Gasteiger partial charge >= 0.3 is 0 Å². The van der Waals surface area contributed by atoms with Crippen LogP contribution in [0.25, 0.3) is 0 Å². The van der Waals surface area contributed by atoms with Crippen LogP contribution < -0.4 is 0 Å². The number of rotatable bonds is 9. The van der Waals surface area contributed by atoms with Crippen molar-refractivity contribution in [1.29, 1.82) is 0 Å². The van der Waals surface area contributed by atoms with E-state index in [1.54, 1.807) is 0 Å². The number of ketones is 1. The Labute approximate surface area is 125 Å². The van der Waals surface area contributed by atoms with Crippen molar-refractivity contribution in [2.24, 2.45) is 5.41 Å². The van der Waals surface area contributed by atoms with Crippen LogP contribution in [-0.4, -0.2) is 23.8 Å². The molecule has 116 valence electrons. The fraction of sp³-hybridized carbons (Fsp3) is 0.833. The van der Waals surface area contributed by atoms with Crippen LogP contribution in [0, 0.1) is 5.41 Å². The summed E-state index contributed by atoms with van der Waals surface area (Å²) in [5.74, 6) is 0.382. The molecule has 2 heteroatoms. The van der Waals surface area contributed by atoms with Gasteiger partial charge in [0.2, 0.25) is 0 Å². The van der Waals surface area contributed by atoms with Crippen molar-refractivity contribution in [1.82, 2.24) is 4.90 Å². The summed E-state index contributed by atoms with van der Waals surface area (Å²) in [6.45, 7) is 11.0. The van der Waals surface area contributed by atoms with Crippen LogP contribution in [0.15, 0.2) is 11.8 Å². The molecule has 0 aromatic carbocycles. The maximum atomic E-state index is 12.5. The number of unbranched alkanes of at least 4 members (excludes halogenated alkanes) is 4. The number of Topliss-reactive ketones (excluding diaryl/α,β-unsaturated/α-hetero) is 1. The Morgan fingerprint density at radius 3 is 2.50 bits per heavy atom. The minimum Gasteiger partial charge on any atom is -0.377 e. The summed E-state index contributed by atoms with van der Waals surface area (Å²) in [5.41, 5.74) is 1.12. The van der Waals surface area contributed by atoms with E-state index >= 15 is 0 Å². The average Bonchev–Trinajstić information content (AvgIpc) is 2.40. The predicted molar refractivity (Wildman–Crippen MR) is 86.7 cm³/mol. The van der Waals surface area contributed by atoms with Crippen LogP contribution >= 0.6 is 0 Å². The maximum Gasteiger partial charge on any atom is 0.160 e. The summed E-state index contributed by atoms with van der Waals surface area (Å²) in [5, 5.41) is 0. The molecule has 0 amide bonds. The Bertz CT molecular complexity index is 330. The lowest BCUT2D eigenvalue weighted by molar-refractivity contribution is -0.117. The Hall–Kier alpha value is -0.790. The van der Waals surface area contributed by atoms with Crippen molar-refractivity contribution in [2.75, 3.05) is 13.1 Å². The molecule has 0 bridgehead atoms. The zero-order chi connectivity index (χ0) is 15.0. The summed E-state index contributed by atoms with van der Waals surface area (Å²) >= 11 is 0. The second kappa shape index (κ2) is 8.49. The lowest BCUT2D eigenvalue weighted by atomic mass is 9.76. The van der Waals surface area contributed by atoms with Gasteiger partial charge in [-0.1, -0.05) is 53.4 Å². The van der Waals surface area contributed by atoms with Gasteiger partial charge in [0.25, 0.3) is 0 Å². The third-order valence-electron chi connectivity index (χ3n) is 4.38. The average molecular weight is 279 g/mol. The van der Waals surface area contributed by atoms with E-state index in [1.165, 1.54) is 25.7 Å². The monoisotopic (exact) mass is 279 g/mol. The molecular formula is C18H33NO. The molecule has 0 atom stereocenters. The quantitative estimate of drug-likeness (QED) is 0.557. The van der Waals surface area contributed by atoms with Gasteiger partial charge in [0, 0.05) is 31.3 Å². The Morgan fingerprint density at radius 1 is 1.15 bits per heavy atom. The van der Waals surface area contributed by atoms with E-state index in [0.717, 1.165) is 44.3 Å². The zero-order valence-electron chi connectivity index (χ0n) is 14.0. The highest BCUT2D eigenvalue weighted by atomic mass is 16.1. The van der Waals surface area contributed by atoms with Crippen molar-refractivity contribution in [3.05, 3.63) is 11.8 Å². The van der Waals surface area contributed by atoms with Gasteiger partial charge in [0.15, 0.2) is 5.78 Å². The van der Waals surface area contributed by atoms with Crippen LogP contribution in [0.5, 0.6) is 0 Å². The molecule has 20 heavy (non-hydrogen) atoms. The molecule has 0 unspecified atom stereocenters. The van der Waals surface area contributed by atoms with E-state index in [1.807, 2.05) is 0 Å². The molecule has 0 radical (unpaired) electrons. The summed E-state index contributed by atoms with van der Waals surface area (Å²) in [6.07, 6.45) is 11.2. The maximum absolute atomic E-state index is 12.5. The normalized spacial score (nSPS) is 18.0. The molecule has 0 aromatic rings. The second-order valence-electron chi connectivity index (χ2n) is 6.80. The Kier molecular flexibility index (Phi) is 7.32. The first kappa shape index (κ1) is 17.3. The van der Waals surface area contributed by atoms with Crippen LogP contribution in [0.3, 0.4) is 0 Å². The Morgan fingerprint density at radius 2 is 1.85 bits per heavy atom. The summed E-state index contributed by atoms with van der Waals surface area (Å²) < 4.78 is 0. The molecule has 0 aromatic heterocycles. The predicted octanol–water partition coefficient (Wildman–Crippen LogP) is 4.94. The molecule has 1 rings (SSSR count). The first-order chi connectivity index (χ1) is 9.51. The largest absolute Gasteiger partial charge is 0.377 e. The number of carbonyl (C=O) groups is 1. The number of allylic oxidation sites excluding steroid dienone is 1. The van der Waals surface area contributed by atoms with Crippen LogP contribution in [0.1, 0.15) is 79.1 Å².